The molecule has 1 aliphatic heterocycles. The van der Waals surface area contributed by atoms with Gasteiger partial charge in [-0.05, 0) is 59.1 Å². The SMILES string of the molecule is CN1Cc2cc(-c3cccnc3)ccc2C(c2ccc(F)c(F)c2)C1. The molecule has 0 amide bonds. The van der Waals surface area contributed by atoms with Crippen molar-refractivity contribution in [2.24, 2.45) is 0 Å². The summed E-state index contributed by atoms with van der Waals surface area (Å²) in [7, 11) is 2.05. The van der Waals surface area contributed by atoms with E-state index in [2.05, 4.69) is 28.1 Å². The van der Waals surface area contributed by atoms with Crippen LogP contribution in [0.25, 0.3) is 11.1 Å². The third-order valence-corrected chi connectivity index (χ3v) is 4.79. The number of hydrogen-bond donors (Lipinski definition) is 0. The molecule has 4 heteroatoms. The third-order valence-electron chi connectivity index (χ3n) is 4.79. The van der Waals surface area contributed by atoms with Gasteiger partial charge in [0.15, 0.2) is 11.6 Å². The molecule has 0 spiro atoms. The number of fused-ring (bicyclic) bond motifs is 1. The summed E-state index contributed by atoms with van der Waals surface area (Å²) >= 11 is 0. The number of rotatable bonds is 2. The minimum atomic E-state index is -0.805. The Kier molecular flexibility index (Phi) is 4.06. The summed E-state index contributed by atoms with van der Waals surface area (Å²) in [6, 6.07) is 14.5. The second-order valence-corrected chi connectivity index (χ2v) is 6.58. The van der Waals surface area contributed by atoms with Gasteiger partial charge in [0.25, 0.3) is 0 Å². The molecule has 0 saturated heterocycles. The molecule has 0 fully saturated rings. The van der Waals surface area contributed by atoms with Crippen LogP contribution in [0.1, 0.15) is 22.6 Å². The maximum atomic E-state index is 13.7. The van der Waals surface area contributed by atoms with Gasteiger partial charge in [0.1, 0.15) is 0 Å². The Labute approximate surface area is 145 Å². The minimum Gasteiger partial charge on any atom is -0.301 e. The molecule has 0 saturated carbocycles. The standard InChI is InChI=1S/C21H18F2N2/c1-25-12-17-9-14(16-3-2-8-24-11-16)4-6-18(17)19(13-25)15-5-7-20(22)21(23)10-15/h2-11,19H,12-13H2,1H3. The molecule has 0 aliphatic carbocycles. The van der Waals surface area contributed by atoms with E-state index in [0.29, 0.717) is 0 Å². The highest BCUT2D eigenvalue weighted by Gasteiger charge is 2.25. The first-order valence-electron chi connectivity index (χ1n) is 8.28. The van der Waals surface area contributed by atoms with Crippen molar-refractivity contribution < 1.29 is 8.78 Å². The lowest BCUT2D eigenvalue weighted by Crippen LogP contribution is -2.31. The zero-order valence-corrected chi connectivity index (χ0v) is 13.9. The van der Waals surface area contributed by atoms with Crippen molar-refractivity contribution in [2.75, 3.05) is 13.6 Å². The molecule has 126 valence electrons. The predicted molar refractivity (Wildman–Crippen MR) is 94.2 cm³/mol. The zero-order valence-electron chi connectivity index (χ0n) is 13.9. The smallest absolute Gasteiger partial charge is 0.159 e. The number of pyridine rings is 1. The maximum Gasteiger partial charge on any atom is 0.159 e. The summed E-state index contributed by atoms with van der Waals surface area (Å²) < 4.78 is 27.0. The number of hydrogen-bond acceptors (Lipinski definition) is 2. The number of benzene rings is 2. The van der Waals surface area contributed by atoms with E-state index in [9.17, 15) is 8.78 Å². The second kappa shape index (κ2) is 6.37. The van der Waals surface area contributed by atoms with E-state index in [1.165, 1.54) is 23.3 Å². The summed E-state index contributed by atoms with van der Waals surface area (Å²) in [5.74, 6) is -1.56. The first-order valence-corrected chi connectivity index (χ1v) is 8.28. The van der Waals surface area contributed by atoms with Gasteiger partial charge in [-0.3, -0.25) is 4.98 Å². The van der Waals surface area contributed by atoms with Gasteiger partial charge in [-0.15, -0.1) is 0 Å². The minimum absolute atomic E-state index is 0.0341. The van der Waals surface area contributed by atoms with Gasteiger partial charge in [-0.1, -0.05) is 24.3 Å². The van der Waals surface area contributed by atoms with Crippen molar-refractivity contribution in [3.05, 3.63) is 89.2 Å². The molecule has 2 heterocycles. The average molecular weight is 336 g/mol. The molecule has 1 aromatic heterocycles. The van der Waals surface area contributed by atoms with Gasteiger partial charge in [-0.2, -0.15) is 0 Å². The molecule has 0 bridgehead atoms. The molecular weight excluding hydrogens is 318 g/mol. The van der Waals surface area contributed by atoms with E-state index < -0.39 is 11.6 Å². The Balaban J connectivity index is 1.77. The molecular formula is C21H18F2N2. The molecule has 4 rings (SSSR count). The van der Waals surface area contributed by atoms with Crippen molar-refractivity contribution in [3.8, 4) is 11.1 Å². The van der Waals surface area contributed by atoms with Gasteiger partial charge < -0.3 is 4.90 Å². The van der Waals surface area contributed by atoms with E-state index in [1.807, 2.05) is 25.4 Å². The number of nitrogens with zero attached hydrogens (tertiary/aromatic N) is 2. The fourth-order valence-electron chi connectivity index (χ4n) is 3.58. The van der Waals surface area contributed by atoms with E-state index in [0.717, 1.165) is 29.8 Å². The van der Waals surface area contributed by atoms with Crippen LogP contribution in [0, 0.1) is 11.6 Å². The summed E-state index contributed by atoms with van der Waals surface area (Å²) in [4.78, 5) is 6.39. The molecule has 2 aromatic carbocycles. The van der Waals surface area contributed by atoms with Crippen molar-refractivity contribution in [1.82, 2.24) is 9.88 Å². The monoisotopic (exact) mass is 336 g/mol. The van der Waals surface area contributed by atoms with Crippen LogP contribution in [0.3, 0.4) is 0 Å². The van der Waals surface area contributed by atoms with Gasteiger partial charge in [0.05, 0.1) is 0 Å². The topological polar surface area (TPSA) is 16.1 Å². The van der Waals surface area contributed by atoms with Crippen molar-refractivity contribution in [3.63, 3.8) is 0 Å². The fourth-order valence-corrected chi connectivity index (χ4v) is 3.58. The van der Waals surface area contributed by atoms with Crippen LogP contribution < -0.4 is 0 Å². The molecule has 1 aliphatic rings. The highest BCUT2D eigenvalue weighted by molar-refractivity contribution is 5.64. The Hall–Kier alpha value is -2.59. The van der Waals surface area contributed by atoms with Crippen LogP contribution in [-0.4, -0.2) is 23.5 Å². The number of likely N-dealkylation sites (N-methyl/N-ethyl adjacent to an activating group) is 1. The van der Waals surface area contributed by atoms with Crippen LogP contribution in [0.2, 0.25) is 0 Å². The van der Waals surface area contributed by atoms with Crippen molar-refractivity contribution in [2.45, 2.75) is 12.5 Å². The van der Waals surface area contributed by atoms with Gasteiger partial charge in [0.2, 0.25) is 0 Å². The molecule has 2 nitrogen and oxygen atoms in total. The molecule has 1 atom stereocenters. The van der Waals surface area contributed by atoms with Crippen LogP contribution >= 0.6 is 0 Å². The molecule has 1 unspecified atom stereocenters. The Morgan fingerprint density at radius 1 is 1.00 bits per heavy atom. The van der Waals surface area contributed by atoms with Crippen LogP contribution in [0.4, 0.5) is 8.78 Å². The van der Waals surface area contributed by atoms with Crippen LogP contribution in [-0.2, 0) is 6.54 Å². The quantitative estimate of drug-likeness (QED) is 0.680. The normalized spacial score (nSPS) is 17.3. The van der Waals surface area contributed by atoms with E-state index in [4.69, 9.17) is 0 Å². The lowest BCUT2D eigenvalue weighted by Gasteiger charge is -2.33. The lowest BCUT2D eigenvalue weighted by molar-refractivity contribution is 0.295. The first-order chi connectivity index (χ1) is 12.1. The maximum absolute atomic E-state index is 13.7. The third kappa shape index (κ3) is 3.05. The summed E-state index contributed by atoms with van der Waals surface area (Å²) in [5, 5.41) is 0. The highest BCUT2D eigenvalue weighted by Crippen LogP contribution is 2.35. The summed E-state index contributed by atoms with van der Waals surface area (Å²) in [6.45, 7) is 1.62. The number of halogens is 2. The van der Waals surface area contributed by atoms with Gasteiger partial charge in [-0.25, -0.2) is 8.78 Å². The zero-order chi connectivity index (χ0) is 17.4. The van der Waals surface area contributed by atoms with Gasteiger partial charge >= 0.3 is 0 Å². The summed E-state index contributed by atoms with van der Waals surface area (Å²) in [5.41, 5.74) is 5.39. The molecule has 0 N–H and O–H groups in total. The van der Waals surface area contributed by atoms with Crippen LogP contribution in [0.15, 0.2) is 60.9 Å². The largest absolute Gasteiger partial charge is 0.301 e. The molecule has 3 aromatic rings. The molecule has 25 heavy (non-hydrogen) atoms. The Morgan fingerprint density at radius 2 is 1.88 bits per heavy atom. The van der Waals surface area contributed by atoms with E-state index >= 15 is 0 Å². The van der Waals surface area contributed by atoms with Gasteiger partial charge in [0, 0.05) is 31.4 Å². The van der Waals surface area contributed by atoms with Crippen molar-refractivity contribution >= 4 is 0 Å². The van der Waals surface area contributed by atoms with E-state index in [-0.39, 0.29) is 5.92 Å². The summed E-state index contributed by atoms with van der Waals surface area (Å²) in [6.07, 6.45) is 3.61. The Morgan fingerprint density at radius 3 is 2.64 bits per heavy atom. The molecule has 0 radical (unpaired) electrons. The first kappa shape index (κ1) is 15.9. The van der Waals surface area contributed by atoms with Crippen molar-refractivity contribution in [1.29, 1.82) is 0 Å². The lowest BCUT2D eigenvalue weighted by atomic mass is 9.83. The van der Waals surface area contributed by atoms with Crippen LogP contribution in [0.5, 0.6) is 0 Å². The number of aromatic nitrogens is 1. The fraction of sp³-hybridized carbons (Fsp3) is 0.190. The second-order valence-electron chi connectivity index (χ2n) is 6.58. The highest BCUT2D eigenvalue weighted by atomic mass is 19.2. The Bertz CT molecular complexity index is 909. The van der Waals surface area contributed by atoms with E-state index in [1.54, 1.807) is 12.3 Å². The predicted octanol–water partition coefficient (Wildman–Crippen LogP) is 4.60. The average Bonchev–Trinajstić information content (AvgIpc) is 2.63.